The quantitative estimate of drug-likeness (QED) is 0.109. The van der Waals surface area contributed by atoms with Crippen LogP contribution in [0, 0.1) is 6.57 Å². The molecule has 0 atom stereocenters. The minimum atomic E-state index is 0.564. The Balaban J connectivity index is 1.28. The van der Waals surface area contributed by atoms with Gasteiger partial charge >= 0.3 is 0 Å². The summed E-state index contributed by atoms with van der Waals surface area (Å²) in [5, 5.41) is 0. The third-order valence-corrected chi connectivity index (χ3v) is 10.1. The molecule has 8 aromatic carbocycles. The molecule has 9 aromatic rings. The monoisotopic (exact) mass is 740 g/mol. The van der Waals surface area contributed by atoms with E-state index >= 15 is 0 Å². The number of hydrogen-bond donors (Lipinski definition) is 0. The summed E-state index contributed by atoms with van der Waals surface area (Å²) in [4.78, 5) is 18.9. The van der Waals surface area contributed by atoms with Gasteiger partial charge in [-0.2, -0.15) is 0 Å². The summed E-state index contributed by atoms with van der Waals surface area (Å²) in [6, 6.07) is 75.0. The van der Waals surface area contributed by atoms with Gasteiger partial charge in [0.1, 0.15) is 0 Å². The fourth-order valence-electron chi connectivity index (χ4n) is 7.36. The summed E-state index contributed by atoms with van der Waals surface area (Å²) in [6.07, 6.45) is 0. The van der Waals surface area contributed by atoms with E-state index in [2.05, 4.69) is 144 Å². The molecule has 4 nitrogen and oxygen atoms in total. The second-order valence-corrected chi connectivity index (χ2v) is 13.9. The van der Waals surface area contributed by atoms with Crippen molar-refractivity contribution in [3.05, 3.63) is 252 Å². The largest absolute Gasteiger partial charge is 0.238 e. The van der Waals surface area contributed by atoms with Crippen molar-refractivity contribution in [3.8, 4) is 56.4 Å². The van der Waals surface area contributed by atoms with E-state index < -0.39 is 0 Å². The predicted octanol–water partition coefficient (Wildman–Crippen LogP) is 13.8. The molecule has 272 valence electrons. The molecule has 0 fully saturated rings. The van der Waals surface area contributed by atoms with Crippen molar-refractivity contribution in [1.82, 2.24) is 15.0 Å². The van der Waals surface area contributed by atoms with E-state index in [0.717, 1.165) is 72.3 Å². The Hall–Kier alpha value is -8.00. The zero-order valence-corrected chi connectivity index (χ0v) is 31.6. The van der Waals surface area contributed by atoms with Crippen LogP contribution in [0.4, 0.5) is 5.69 Å². The van der Waals surface area contributed by atoms with E-state index in [-0.39, 0.29) is 0 Å². The molecule has 0 aliphatic heterocycles. The normalized spacial score (nSPS) is 10.7. The number of aromatic nitrogens is 3. The van der Waals surface area contributed by atoms with E-state index in [1.807, 2.05) is 78.9 Å². The van der Waals surface area contributed by atoms with Gasteiger partial charge in [-0.05, 0) is 86.0 Å². The van der Waals surface area contributed by atoms with Gasteiger partial charge in [0.05, 0.1) is 6.57 Å². The molecule has 9 rings (SSSR count). The molecule has 0 radical (unpaired) electrons. The summed E-state index contributed by atoms with van der Waals surface area (Å²) in [5.41, 5.74) is 14.0. The molecule has 1 heterocycles. The minimum Gasteiger partial charge on any atom is -0.238 e. The van der Waals surface area contributed by atoms with E-state index in [4.69, 9.17) is 21.5 Å². The Labute approximate surface area is 339 Å². The smallest absolute Gasteiger partial charge is 0.187 e. The second kappa shape index (κ2) is 16.4. The predicted molar refractivity (Wildman–Crippen MR) is 238 cm³/mol. The molecule has 0 N–H and O–H groups in total. The lowest BCUT2D eigenvalue weighted by Crippen LogP contribution is -2.00. The van der Waals surface area contributed by atoms with Crippen LogP contribution in [0.5, 0.6) is 0 Å². The lowest BCUT2D eigenvalue weighted by atomic mass is 9.85. The number of hydrogen-bond acceptors (Lipinski definition) is 3. The highest BCUT2D eigenvalue weighted by atomic mass is 15.0. The van der Waals surface area contributed by atoms with Gasteiger partial charge in [-0.15, -0.1) is 0 Å². The summed E-state index contributed by atoms with van der Waals surface area (Å²) < 4.78 is 0. The zero-order valence-electron chi connectivity index (χ0n) is 31.6. The van der Waals surface area contributed by atoms with E-state index in [1.165, 1.54) is 0 Å². The average Bonchev–Trinajstić information content (AvgIpc) is 3.32. The van der Waals surface area contributed by atoms with Gasteiger partial charge in [-0.1, -0.05) is 188 Å². The Morgan fingerprint density at radius 3 is 1.10 bits per heavy atom. The van der Waals surface area contributed by atoms with Crippen molar-refractivity contribution >= 4 is 16.8 Å². The van der Waals surface area contributed by atoms with Gasteiger partial charge in [-0.25, -0.2) is 19.8 Å². The van der Waals surface area contributed by atoms with Crippen LogP contribution in [-0.4, -0.2) is 15.0 Å². The first kappa shape index (κ1) is 35.7. The van der Waals surface area contributed by atoms with Crippen LogP contribution in [0.3, 0.4) is 0 Å². The van der Waals surface area contributed by atoms with Crippen LogP contribution >= 0.6 is 0 Å². The lowest BCUT2D eigenvalue weighted by Gasteiger charge is -2.19. The maximum atomic E-state index is 7.75. The Bertz CT molecular complexity index is 2820. The maximum absolute atomic E-state index is 7.75. The van der Waals surface area contributed by atoms with Crippen molar-refractivity contribution in [1.29, 1.82) is 0 Å². The molecule has 0 aliphatic carbocycles. The SMILES string of the molecule is [C-]#[N+]c1cccc(-c2cc(-c3cccc(C(=C(c4ccccc4)c4ccccc4)c4ccccc4)c3)cc(-c3nc(-c4ccccc4)nc(-c4ccccc4)n3)c2)c1. The van der Waals surface area contributed by atoms with Gasteiger partial charge in [0.15, 0.2) is 23.2 Å². The Morgan fingerprint density at radius 1 is 0.293 bits per heavy atom. The Kier molecular flexibility index (Phi) is 10.1. The third kappa shape index (κ3) is 7.62. The first-order valence-corrected chi connectivity index (χ1v) is 19.2. The molecule has 58 heavy (non-hydrogen) atoms. The summed E-state index contributed by atoms with van der Waals surface area (Å²) in [6.45, 7) is 7.75. The highest BCUT2D eigenvalue weighted by Gasteiger charge is 2.19. The molecule has 4 heteroatoms. The van der Waals surface area contributed by atoms with Crippen molar-refractivity contribution in [2.75, 3.05) is 0 Å². The standard InChI is InChI=1S/C54H36N4/c1-55-49-32-18-30-44(37-49)47-34-46(35-48(36-47)54-57-52(41-25-13-5-14-26-41)56-53(58-54)42-27-15-6-16-28-42)43-29-17-31-45(33-43)51(40-23-11-4-12-24-40)50(38-19-7-2-8-20-38)39-21-9-3-10-22-39/h2-37H. The molecule has 0 saturated heterocycles. The molecule has 0 saturated carbocycles. The maximum Gasteiger partial charge on any atom is 0.187 e. The molecule has 0 unspecified atom stereocenters. The van der Waals surface area contributed by atoms with Gasteiger partial charge < -0.3 is 0 Å². The van der Waals surface area contributed by atoms with Gasteiger partial charge in [-0.3, -0.25) is 0 Å². The van der Waals surface area contributed by atoms with E-state index in [0.29, 0.717) is 23.2 Å². The topological polar surface area (TPSA) is 43.0 Å². The van der Waals surface area contributed by atoms with E-state index in [9.17, 15) is 0 Å². The molecule has 0 aliphatic rings. The van der Waals surface area contributed by atoms with Crippen molar-refractivity contribution in [2.24, 2.45) is 0 Å². The van der Waals surface area contributed by atoms with Gasteiger partial charge in [0, 0.05) is 16.7 Å². The van der Waals surface area contributed by atoms with Crippen LogP contribution in [0.25, 0.3) is 72.4 Å². The second-order valence-electron chi connectivity index (χ2n) is 13.9. The van der Waals surface area contributed by atoms with Gasteiger partial charge in [0.25, 0.3) is 0 Å². The average molecular weight is 741 g/mol. The molecule has 0 bridgehead atoms. The van der Waals surface area contributed by atoms with Crippen molar-refractivity contribution in [3.63, 3.8) is 0 Å². The van der Waals surface area contributed by atoms with E-state index in [1.54, 1.807) is 0 Å². The van der Waals surface area contributed by atoms with Crippen molar-refractivity contribution < 1.29 is 0 Å². The van der Waals surface area contributed by atoms with Gasteiger partial charge in [0.2, 0.25) is 0 Å². The zero-order chi connectivity index (χ0) is 39.1. The lowest BCUT2D eigenvalue weighted by molar-refractivity contribution is 1.07. The molecule has 0 amide bonds. The third-order valence-electron chi connectivity index (χ3n) is 10.1. The van der Waals surface area contributed by atoms with Crippen LogP contribution in [0.1, 0.15) is 22.3 Å². The molecule has 1 aromatic heterocycles. The van der Waals surface area contributed by atoms with Crippen LogP contribution in [0.15, 0.2) is 218 Å². The summed E-state index contributed by atoms with van der Waals surface area (Å²) in [5.74, 6) is 1.76. The first-order chi connectivity index (χ1) is 28.7. The minimum absolute atomic E-state index is 0.564. The first-order valence-electron chi connectivity index (χ1n) is 19.2. The summed E-state index contributed by atoms with van der Waals surface area (Å²) in [7, 11) is 0. The fraction of sp³-hybridized carbons (Fsp3) is 0. The van der Waals surface area contributed by atoms with Crippen LogP contribution < -0.4 is 0 Å². The highest BCUT2D eigenvalue weighted by Crippen LogP contribution is 2.40. The summed E-state index contributed by atoms with van der Waals surface area (Å²) >= 11 is 0. The van der Waals surface area contributed by atoms with Crippen molar-refractivity contribution in [2.45, 2.75) is 0 Å². The number of nitrogens with zero attached hydrogens (tertiary/aromatic N) is 4. The Morgan fingerprint density at radius 2 is 0.638 bits per heavy atom. The molecular formula is C54H36N4. The highest BCUT2D eigenvalue weighted by molar-refractivity contribution is 6.05. The number of rotatable bonds is 9. The molecular weight excluding hydrogens is 705 g/mol. The van der Waals surface area contributed by atoms with Crippen LogP contribution in [-0.2, 0) is 0 Å². The number of benzene rings is 8. The molecule has 0 spiro atoms. The fourth-order valence-corrected chi connectivity index (χ4v) is 7.36. The van der Waals surface area contributed by atoms with Crippen LogP contribution in [0.2, 0.25) is 0 Å².